The molecule has 0 saturated heterocycles. The standard InChI is InChI=1S/C15H19ClN4/c1-11(13-7-3-4-8-14(13)16)20(2)10-12-6-5-9-15(18-12)19-17/h3-9,11H,10,17H2,1-2H3,(H,18,19). The highest BCUT2D eigenvalue weighted by atomic mass is 35.5. The van der Waals surface area contributed by atoms with Gasteiger partial charge in [0.15, 0.2) is 0 Å². The van der Waals surface area contributed by atoms with Crippen LogP contribution in [0.25, 0.3) is 0 Å². The Bertz CT molecular complexity index is 573. The molecule has 3 N–H and O–H groups in total. The van der Waals surface area contributed by atoms with Crippen molar-refractivity contribution in [3.63, 3.8) is 0 Å². The van der Waals surface area contributed by atoms with Crippen LogP contribution in [0.1, 0.15) is 24.2 Å². The van der Waals surface area contributed by atoms with Gasteiger partial charge < -0.3 is 5.43 Å². The third kappa shape index (κ3) is 3.48. The summed E-state index contributed by atoms with van der Waals surface area (Å²) in [6, 6.07) is 13.9. The van der Waals surface area contributed by atoms with Crippen molar-refractivity contribution in [1.82, 2.24) is 9.88 Å². The van der Waals surface area contributed by atoms with Crippen LogP contribution in [0.4, 0.5) is 5.82 Å². The number of nitrogens with one attached hydrogen (secondary N) is 1. The third-order valence-corrected chi connectivity index (χ3v) is 3.73. The highest BCUT2D eigenvalue weighted by molar-refractivity contribution is 6.31. The fourth-order valence-corrected chi connectivity index (χ4v) is 2.39. The fraction of sp³-hybridized carbons (Fsp3) is 0.267. The highest BCUT2D eigenvalue weighted by Crippen LogP contribution is 2.26. The van der Waals surface area contributed by atoms with Gasteiger partial charge in [0.1, 0.15) is 5.82 Å². The molecule has 1 unspecified atom stereocenters. The number of hydrogen-bond donors (Lipinski definition) is 2. The second-order valence-corrected chi connectivity index (χ2v) is 5.18. The van der Waals surface area contributed by atoms with E-state index in [1.165, 1.54) is 0 Å². The Kier molecular flexibility index (Phi) is 4.95. The summed E-state index contributed by atoms with van der Waals surface area (Å²) < 4.78 is 0. The molecule has 0 saturated carbocycles. The van der Waals surface area contributed by atoms with Gasteiger partial charge in [0.25, 0.3) is 0 Å². The zero-order valence-corrected chi connectivity index (χ0v) is 12.4. The summed E-state index contributed by atoms with van der Waals surface area (Å²) in [5.74, 6) is 6.04. The van der Waals surface area contributed by atoms with Crippen LogP contribution in [0, 0.1) is 0 Å². The van der Waals surface area contributed by atoms with Gasteiger partial charge in [0.05, 0.1) is 5.69 Å². The Hall–Kier alpha value is -1.62. The number of nitrogens with two attached hydrogens (primary N) is 1. The van der Waals surface area contributed by atoms with Crippen molar-refractivity contribution >= 4 is 17.4 Å². The number of rotatable bonds is 5. The minimum Gasteiger partial charge on any atom is -0.308 e. The first-order valence-corrected chi connectivity index (χ1v) is 6.87. The molecule has 1 heterocycles. The number of pyridine rings is 1. The zero-order valence-electron chi connectivity index (χ0n) is 11.7. The molecule has 0 radical (unpaired) electrons. The third-order valence-electron chi connectivity index (χ3n) is 3.38. The van der Waals surface area contributed by atoms with E-state index in [4.69, 9.17) is 17.4 Å². The van der Waals surface area contributed by atoms with Gasteiger partial charge in [0.2, 0.25) is 0 Å². The lowest BCUT2D eigenvalue weighted by atomic mass is 10.1. The first-order chi connectivity index (χ1) is 9.61. The van der Waals surface area contributed by atoms with E-state index < -0.39 is 0 Å². The van der Waals surface area contributed by atoms with Crippen LogP contribution in [0.15, 0.2) is 42.5 Å². The first-order valence-electron chi connectivity index (χ1n) is 6.49. The molecule has 0 fully saturated rings. The summed E-state index contributed by atoms with van der Waals surface area (Å²) in [7, 11) is 2.05. The molecule has 106 valence electrons. The lowest BCUT2D eigenvalue weighted by molar-refractivity contribution is 0.250. The van der Waals surface area contributed by atoms with E-state index in [2.05, 4.69) is 35.3 Å². The van der Waals surface area contributed by atoms with Crippen molar-refractivity contribution in [3.05, 3.63) is 58.7 Å². The minimum absolute atomic E-state index is 0.208. The summed E-state index contributed by atoms with van der Waals surface area (Å²) in [4.78, 5) is 6.62. The summed E-state index contributed by atoms with van der Waals surface area (Å²) in [5.41, 5.74) is 4.64. The van der Waals surface area contributed by atoms with Gasteiger partial charge >= 0.3 is 0 Å². The van der Waals surface area contributed by atoms with Gasteiger partial charge in [-0.05, 0) is 37.7 Å². The van der Waals surface area contributed by atoms with E-state index in [1.54, 1.807) is 0 Å². The number of halogens is 1. The number of hydrogen-bond acceptors (Lipinski definition) is 4. The molecular formula is C15H19ClN4. The summed E-state index contributed by atoms with van der Waals surface area (Å²) in [6.45, 7) is 2.86. The molecule has 2 rings (SSSR count). The Balaban J connectivity index is 2.11. The van der Waals surface area contributed by atoms with Crippen molar-refractivity contribution in [3.8, 4) is 0 Å². The minimum atomic E-state index is 0.208. The Morgan fingerprint density at radius 2 is 2.00 bits per heavy atom. The van der Waals surface area contributed by atoms with E-state index >= 15 is 0 Å². The maximum absolute atomic E-state index is 6.25. The number of benzene rings is 1. The SMILES string of the molecule is CC(c1ccccc1Cl)N(C)Cc1cccc(NN)n1. The van der Waals surface area contributed by atoms with Gasteiger partial charge in [-0.25, -0.2) is 10.8 Å². The van der Waals surface area contributed by atoms with E-state index in [9.17, 15) is 0 Å². The predicted octanol–water partition coefficient (Wildman–Crippen LogP) is 3.21. The van der Waals surface area contributed by atoms with Crippen LogP contribution in [0.3, 0.4) is 0 Å². The number of hydrazine groups is 1. The quantitative estimate of drug-likeness (QED) is 0.656. The number of aromatic nitrogens is 1. The van der Waals surface area contributed by atoms with E-state index in [-0.39, 0.29) is 6.04 Å². The normalized spacial score (nSPS) is 12.4. The van der Waals surface area contributed by atoms with Gasteiger partial charge in [-0.1, -0.05) is 35.9 Å². The van der Waals surface area contributed by atoms with Crippen LogP contribution in [0.2, 0.25) is 5.02 Å². The van der Waals surface area contributed by atoms with E-state index in [0.29, 0.717) is 5.82 Å². The smallest absolute Gasteiger partial charge is 0.140 e. The van der Waals surface area contributed by atoms with Gasteiger partial charge in [-0.15, -0.1) is 0 Å². The Labute approximate surface area is 124 Å². The second kappa shape index (κ2) is 6.70. The molecule has 20 heavy (non-hydrogen) atoms. The van der Waals surface area contributed by atoms with Crippen molar-refractivity contribution in [2.45, 2.75) is 19.5 Å². The van der Waals surface area contributed by atoms with Crippen LogP contribution < -0.4 is 11.3 Å². The van der Waals surface area contributed by atoms with Crippen molar-refractivity contribution in [2.75, 3.05) is 12.5 Å². The van der Waals surface area contributed by atoms with Gasteiger partial charge in [-0.3, -0.25) is 4.90 Å². The monoisotopic (exact) mass is 290 g/mol. The topological polar surface area (TPSA) is 54.2 Å². The fourth-order valence-electron chi connectivity index (χ4n) is 2.09. The highest BCUT2D eigenvalue weighted by Gasteiger charge is 2.15. The summed E-state index contributed by atoms with van der Waals surface area (Å²) in [5, 5.41) is 0.789. The molecule has 0 aliphatic carbocycles. The van der Waals surface area contributed by atoms with Gasteiger partial charge in [-0.2, -0.15) is 0 Å². The number of nitrogens with zero attached hydrogens (tertiary/aromatic N) is 2. The first kappa shape index (κ1) is 14.8. The average molecular weight is 291 g/mol. The average Bonchev–Trinajstić information content (AvgIpc) is 2.47. The molecule has 0 spiro atoms. The molecule has 5 heteroatoms. The molecule has 0 amide bonds. The molecule has 0 aliphatic heterocycles. The zero-order chi connectivity index (χ0) is 14.5. The number of anilines is 1. The van der Waals surface area contributed by atoms with E-state index in [0.717, 1.165) is 22.8 Å². The van der Waals surface area contributed by atoms with Crippen LogP contribution in [-0.2, 0) is 6.54 Å². The molecular weight excluding hydrogens is 272 g/mol. The second-order valence-electron chi connectivity index (χ2n) is 4.77. The summed E-state index contributed by atoms with van der Waals surface area (Å²) in [6.07, 6.45) is 0. The summed E-state index contributed by atoms with van der Waals surface area (Å²) >= 11 is 6.25. The van der Waals surface area contributed by atoms with Gasteiger partial charge in [0, 0.05) is 17.6 Å². The predicted molar refractivity (Wildman–Crippen MR) is 83.4 cm³/mol. The molecule has 2 aromatic rings. The molecule has 0 aliphatic rings. The van der Waals surface area contributed by atoms with Crippen molar-refractivity contribution in [2.24, 2.45) is 5.84 Å². The lowest BCUT2D eigenvalue weighted by Gasteiger charge is -2.25. The Morgan fingerprint density at radius 1 is 1.25 bits per heavy atom. The lowest BCUT2D eigenvalue weighted by Crippen LogP contribution is -2.23. The van der Waals surface area contributed by atoms with Crippen LogP contribution in [0.5, 0.6) is 0 Å². The molecule has 0 bridgehead atoms. The van der Waals surface area contributed by atoms with Crippen molar-refractivity contribution < 1.29 is 0 Å². The maximum Gasteiger partial charge on any atom is 0.140 e. The largest absolute Gasteiger partial charge is 0.308 e. The molecule has 1 aromatic heterocycles. The van der Waals surface area contributed by atoms with E-state index in [1.807, 2.05) is 36.4 Å². The molecule has 4 nitrogen and oxygen atoms in total. The molecule has 1 atom stereocenters. The maximum atomic E-state index is 6.25. The number of nitrogen functional groups attached to an aromatic ring is 1. The van der Waals surface area contributed by atoms with Crippen molar-refractivity contribution in [1.29, 1.82) is 0 Å². The molecule has 1 aromatic carbocycles. The van der Waals surface area contributed by atoms with Crippen LogP contribution in [-0.4, -0.2) is 16.9 Å². The van der Waals surface area contributed by atoms with Crippen LogP contribution >= 0.6 is 11.6 Å². The Morgan fingerprint density at radius 3 is 2.70 bits per heavy atom.